The molecule has 1 aromatic carbocycles. The van der Waals surface area contributed by atoms with Crippen molar-refractivity contribution in [1.29, 1.82) is 5.26 Å². The zero-order valence-electron chi connectivity index (χ0n) is 10.1. The van der Waals surface area contributed by atoms with Crippen LogP contribution in [0, 0.1) is 11.3 Å². The maximum atomic E-state index is 11.6. The molecule has 1 aliphatic rings. The summed E-state index contributed by atoms with van der Waals surface area (Å²) in [5.41, 5.74) is 2.28. The van der Waals surface area contributed by atoms with E-state index in [-0.39, 0.29) is 5.78 Å². The molecule has 2 rings (SSSR count). The van der Waals surface area contributed by atoms with E-state index in [1.165, 1.54) is 6.42 Å². The van der Waals surface area contributed by atoms with Gasteiger partial charge in [0.05, 0.1) is 11.6 Å². The van der Waals surface area contributed by atoms with Crippen LogP contribution in [0.3, 0.4) is 0 Å². The van der Waals surface area contributed by atoms with Crippen LogP contribution in [0.15, 0.2) is 18.2 Å². The average Bonchev–Trinajstić information content (AvgIpc) is 2.39. The minimum Gasteiger partial charge on any atom is -0.371 e. The Morgan fingerprint density at radius 1 is 1.29 bits per heavy atom. The summed E-state index contributed by atoms with van der Waals surface area (Å²) in [6.45, 7) is 3.54. The van der Waals surface area contributed by atoms with Gasteiger partial charge in [-0.05, 0) is 44.4 Å². The van der Waals surface area contributed by atoms with Crippen LogP contribution in [-0.2, 0) is 0 Å². The van der Waals surface area contributed by atoms with E-state index >= 15 is 0 Å². The zero-order chi connectivity index (χ0) is 12.3. The van der Waals surface area contributed by atoms with Gasteiger partial charge in [-0.1, -0.05) is 0 Å². The van der Waals surface area contributed by atoms with Gasteiger partial charge in [0.2, 0.25) is 0 Å². The third-order valence-corrected chi connectivity index (χ3v) is 3.20. The molecule has 1 saturated heterocycles. The molecule has 17 heavy (non-hydrogen) atoms. The number of nitrogens with zero attached hydrogens (tertiary/aromatic N) is 2. The number of carbonyl (C=O) groups is 1. The molecule has 1 aliphatic heterocycles. The number of anilines is 1. The summed E-state index contributed by atoms with van der Waals surface area (Å²) in [4.78, 5) is 13.8. The molecule has 0 aliphatic carbocycles. The van der Waals surface area contributed by atoms with Gasteiger partial charge in [0.25, 0.3) is 0 Å². The van der Waals surface area contributed by atoms with Gasteiger partial charge in [-0.15, -0.1) is 0 Å². The predicted molar refractivity (Wildman–Crippen MR) is 67.2 cm³/mol. The summed E-state index contributed by atoms with van der Waals surface area (Å²) in [7, 11) is 0. The van der Waals surface area contributed by atoms with Gasteiger partial charge in [-0.3, -0.25) is 4.79 Å². The second-order valence-electron chi connectivity index (χ2n) is 4.45. The lowest BCUT2D eigenvalue weighted by molar-refractivity contribution is 0.101. The van der Waals surface area contributed by atoms with Crippen molar-refractivity contribution in [2.75, 3.05) is 18.0 Å². The van der Waals surface area contributed by atoms with Crippen LogP contribution in [-0.4, -0.2) is 18.9 Å². The normalized spacial score (nSPS) is 15.4. The van der Waals surface area contributed by atoms with Crippen LogP contribution >= 0.6 is 0 Å². The quantitative estimate of drug-likeness (QED) is 0.731. The Labute approximate surface area is 102 Å². The molecule has 0 bridgehead atoms. The SMILES string of the molecule is CC(=O)c1ccc(C#N)cc1N1CCCCC1. The number of carbonyl (C=O) groups excluding carboxylic acids is 1. The second kappa shape index (κ2) is 5.01. The molecule has 3 heteroatoms. The van der Waals surface area contributed by atoms with E-state index < -0.39 is 0 Å². The topological polar surface area (TPSA) is 44.1 Å². The van der Waals surface area contributed by atoms with Crippen LogP contribution in [0.2, 0.25) is 0 Å². The van der Waals surface area contributed by atoms with Gasteiger partial charge < -0.3 is 4.90 Å². The average molecular weight is 228 g/mol. The van der Waals surface area contributed by atoms with Crippen LogP contribution in [0.5, 0.6) is 0 Å². The van der Waals surface area contributed by atoms with E-state index in [1.54, 1.807) is 19.1 Å². The highest BCUT2D eigenvalue weighted by Gasteiger charge is 2.17. The first-order chi connectivity index (χ1) is 8.22. The van der Waals surface area contributed by atoms with Crippen molar-refractivity contribution in [3.05, 3.63) is 29.3 Å². The first-order valence-electron chi connectivity index (χ1n) is 6.02. The van der Waals surface area contributed by atoms with E-state index in [9.17, 15) is 4.79 Å². The van der Waals surface area contributed by atoms with Crippen molar-refractivity contribution >= 4 is 11.5 Å². The van der Waals surface area contributed by atoms with Crippen molar-refractivity contribution in [1.82, 2.24) is 0 Å². The summed E-state index contributed by atoms with van der Waals surface area (Å²) in [5.74, 6) is 0.0649. The Morgan fingerprint density at radius 3 is 2.59 bits per heavy atom. The molecule has 0 atom stereocenters. The second-order valence-corrected chi connectivity index (χ2v) is 4.45. The van der Waals surface area contributed by atoms with Crippen LogP contribution in [0.4, 0.5) is 5.69 Å². The van der Waals surface area contributed by atoms with Crippen molar-refractivity contribution in [2.24, 2.45) is 0 Å². The van der Waals surface area contributed by atoms with Gasteiger partial charge in [-0.2, -0.15) is 5.26 Å². The Bertz CT molecular complexity index is 468. The third-order valence-electron chi connectivity index (χ3n) is 3.20. The fraction of sp³-hybridized carbons (Fsp3) is 0.429. The molecule has 1 aromatic rings. The van der Waals surface area contributed by atoms with E-state index in [0.29, 0.717) is 5.56 Å². The largest absolute Gasteiger partial charge is 0.371 e. The van der Waals surface area contributed by atoms with Crippen molar-refractivity contribution in [3.63, 3.8) is 0 Å². The minimum absolute atomic E-state index is 0.0649. The number of benzene rings is 1. The molecule has 0 spiro atoms. The number of piperidine rings is 1. The Hall–Kier alpha value is -1.82. The number of hydrogen-bond donors (Lipinski definition) is 0. The first kappa shape index (κ1) is 11.7. The molecular formula is C14H16N2O. The summed E-state index contributed by atoms with van der Waals surface area (Å²) < 4.78 is 0. The number of nitriles is 1. The summed E-state index contributed by atoms with van der Waals surface area (Å²) >= 11 is 0. The van der Waals surface area contributed by atoms with Crippen molar-refractivity contribution < 1.29 is 4.79 Å². The molecule has 0 radical (unpaired) electrons. The summed E-state index contributed by atoms with van der Waals surface area (Å²) in [5, 5.41) is 8.94. The number of hydrogen-bond acceptors (Lipinski definition) is 3. The van der Waals surface area contributed by atoms with Gasteiger partial charge in [0.1, 0.15) is 0 Å². The lowest BCUT2D eigenvalue weighted by atomic mass is 10.0. The molecule has 1 fully saturated rings. The minimum atomic E-state index is 0.0649. The fourth-order valence-corrected chi connectivity index (χ4v) is 2.30. The number of rotatable bonds is 2. The zero-order valence-corrected chi connectivity index (χ0v) is 10.1. The maximum absolute atomic E-state index is 11.6. The number of ketones is 1. The molecule has 1 heterocycles. The maximum Gasteiger partial charge on any atom is 0.161 e. The van der Waals surface area contributed by atoms with Gasteiger partial charge >= 0.3 is 0 Å². The van der Waals surface area contributed by atoms with Gasteiger partial charge in [0, 0.05) is 24.3 Å². The summed E-state index contributed by atoms with van der Waals surface area (Å²) in [6, 6.07) is 7.45. The van der Waals surface area contributed by atoms with Crippen LogP contribution in [0.1, 0.15) is 42.1 Å². The molecule has 0 amide bonds. The van der Waals surface area contributed by atoms with E-state index in [0.717, 1.165) is 37.2 Å². The standard InChI is InChI=1S/C14H16N2O/c1-11(17)13-6-5-12(10-15)9-14(13)16-7-3-2-4-8-16/h5-6,9H,2-4,7-8H2,1H3. The lowest BCUT2D eigenvalue weighted by Crippen LogP contribution is -2.30. The molecule has 0 saturated carbocycles. The lowest BCUT2D eigenvalue weighted by Gasteiger charge is -2.30. The Morgan fingerprint density at radius 2 is 2.00 bits per heavy atom. The van der Waals surface area contributed by atoms with Crippen molar-refractivity contribution in [3.8, 4) is 6.07 Å². The first-order valence-corrected chi connectivity index (χ1v) is 6.02. The Balaban J connectivity index is 2.41. The molecule has 3 nitrogen and oxygen atoms in total. The molecular weight excluding hydrogens is 212 g/mol. The highest BCUT2D eigenvalue weighted by Crippen LogP contribution is 2.25. The molecule has 88 valence electrons. The number of Topliss-reactive ketones (excluding diaryl/α,β-unsaturated/α-hetero) is 1. The van der Waals surface area contributed by atoms with E-state index in [1.807, 2.05) is 6.07 Å². The fourth-order valence-electron chi connectivity index (χ4n) is 2.30. The van der Waals surface area contributed by atoms with Gasteiger partial charge in [0.15, 0.2) is 5.78 Å². The molecule has 0 N–H and O–H groups in total. The monoisotopic (exact) mass is 228 g/mol. The van der Waals surface area contributed by atoms with E-state index in [4.69, 9.17) is 5.26 Å². The van der Waals surface area contributed by atoms with Crippen LogP contribution in [0.25, 0.3) is 0 Å². The van der Waals surface area contributed by atoms with Gasteiger partial charge in [-0.25, -0.2) is 0 Å². The Kier molecular flexibility index (Phi) is 3.43. The third kappa shape index (κ3) is 2.47. The smallest absolute Gasteiger partial charge is 0.161 e. The van der Waals surface area contributed by atoms with Crippen LogP contribution < -0.4 is 4.90 Å². The highest BCUT2D eigenvalue weighted by atomic mass is 16.1. The molecule has 0 aromatic heterocycles. The molecule has 0 unspecified atom stereocenters. The van der Waals surface area contributed by atoms with Crippen molar-refractivity contribution in [2.45, 2.75) is 26.2 Å². The summed E-state index contributed by atoms with van der Waals surface area (Å²) in [6.07, 6.45) is 3.58. The predicted octanol–water partition coefficient (Wildman–Crippen LogP) is 2.75. The van der Waals surface area contributed by atoms with E-state index in [2.05, 4.69) is 11.0 Å². The highest BCUT2D eigenvalue weighted by molar-refractivity contribution is 6.00.